The molecule has 0 atom stereocenters. The average Bonchev–Trinajstić information content (AvgIpc) is 3.07. The molecule has 0 saturated heterocycles. The highest BCUT2D eigenvalue weighted by atomic mass is 79.9. The van der Waals surface area contributed by atoms with Crippen LogP contribution in [0.25, 0.3) is 0 Å². The third kappa shape index (κ3) is 2.13. The minimum absolute atomic E-state index is 0.0631. The van der Waals surface area contributed by atoms with Crippen LogP contribution in [-0.2, 0) is 10.2 Å². The predicted molar refractivity (Wildman–Crippen MR) is 62.4 cm³/mol. The Balaban J connectivity index is 2.47. The molecule has 1 aromatic carbocycles. The molecule has 6 heteroatoms. The van der Waals surface area contributed by atoms with Crippen LogP contribution < -0.4 is 0 Å². The number of ether oxygens (including phenoxy) is 1. The topological polar surface area (TPSA) is 26.3 Å². The van der Waals surface area contributed by atoms with E-state index in [1.807, 2.05) is 0 Å². The van der Waals surface area contributed by atoms with E-state index < -0.39 is 17.6 Å². The van der Waals surface area contributed by atoms with Gasteiger partial charge in [0.05, 0.1) is 18.1 Å². The third-order valence-electron chi connectivity index (χ3n) is 3.16. The van der Waals surface area contributed by atoms with Crippen LogP contribution in [-0.4, -0.2) is 19.3 Å². The Hall–Kier alpha value is -1.04. The summed E-state index contributed by atoms with van der Waals surface area (Å²) in [4.78, 5) is 11.4. The Labute approximate surface area is 110 Å². The lowest BCUT2D eigenvalue weighted by Crippen LogP contribution is -2.28. The molecule has 0 spiro atoms. The largest absolute Gasteiger partial charge is 0.465 e. The van der Waals surface area contributed by atoms with Crippen molar-refractivity contribution in [2.45, 2.75) is 24.4 Å². The second-order valence-corrected chi connectivity index (χ2v) is 5.22. The van der Waals surface area contributed by atoms with E-state index in [0.717, 1.165) is 0 Å². The molecular formula is C12H10BrF3O2. The summed E-state index contributed by atoms with van der Waals surface area (Å²) in [6, 6.07) is 4.12. The minimum atomic E-state index is -4.29. The molecule has 1 fully saturated rings. The zero-order valence-electron chi connectivity index (χ0n) is 9.47. The first-order valence-electron chi connectivity index (χ1n) is 5.26. The molecule has 1 aromatic rings. The van der Waals surface area contributed by atoms with E-state index in [4.69, 9.17) is 0 Å². The van der Waals surface area contributed by atoms with Crippen LogP contribution in [0, 0.1) is 0 Å². The van der Waals surface area contributed by atoms with Crippen LogP contribution in [0.1, 0.15) is 28.8 Å². The molecule has 0 heterocycles. The van der Waals surface area contributed by atoms with E-state index in [-0.39, 0.29) is 24.0 Å². The Bertz CT molecular complexity index is 493. The molecule has 1 saturated carbocycles. The van der Waals surface area contributed by atoms with E-state index in [1.54, 1.807) is 0 Å². The molecule has 0 amide bonds. The van der Waals surface area contributed by atoms with E-state index in [9.17, 15) is 18.0 Å². The van der Waals surface area contributed by atoms with Crippen molar-refractivity contribution in [1.82, 2.24) is 0 Å². The molecular weight excluding hydrogens is 313 g/mol. The fourth-order valence-corrected chi connectivity index (χ4v) is 2.46. The molecule has 0 aromatic heterocycles. The van der Waals surface area contributed by atoms with Gasteiger partial charge in [-0.05, 0) is 36.6 Å². The molecule has 18 heavy (non-hydrogen) atoms. The average molecular weight is 323 g/mol. The van der Waals surface area contributed by atoms with Gasteiger partial charge < -0.3 is 4.74 Å². The van der Waals surface area contributed by atoms with Gasteiger partial charge in [-0.3, -0.25) is 0 Å². The van der Waals surface area contributed by atoms with Gasteiger partial charge in [-0.1, -0.05) is 15.9 Å². The Kier molecular flexibility index (Phi) is 3.17. The smallest absolute Gasteiger partial charge is 0.398 e. The van der Waals surface area contributed by atoms with Crippen molar-refractivity contribution >= 4 is 21.9 Å². The summed E-state index contributed by atoms with van der Waals surface area (Å²) in [7, 11) is 1.19. The van der Waals surface area contributed by atoms with E-state index in [2.05, 4.69) is 20.7 Å². The first kappa shape index (κ1) is 13.4. The van der Waals surface area contributed by atoms with Gasteiger partial charge in [-0.15, -0.1) is 0 Å². The van der Waals surface area contributed by atoms with E-state index in [0.29, 0.717) is 4.47 Å². The molecule has 98 valence electrons. The number of carbonyl (C=O) groups is 1. The van der Waals surface area contributed by atoms with E-state index >= 15 is 0 Å². The fourth-order valence-electron chi connectivity index (χ4n) is 1.96. The van der Waals surface area contributed by atoms with Crippen molar-refractivity contribution in [2.75, 3.05) is 7.11 Å². The second kappa shape index (κ2) is 4.26. The zero-order chi connectivity index (χ0) is 13.6. The number of benzene rings is 1. The summed E-state index contributed by atoms with van der Waals surface area (Å²) in [6.45, 7) is 0. The number of hydrogen-bond donors (Lipinski definition) is 0. The van der Waals surface area contributed by atoms with Gasteiger partial charge >= 0.3 is 12.1 Å². The third-order valence-corrected chi connectivity index (χ3v) is 3.62. The lowest BCUT2D eigenvalue weighted by Gasteiger charge is -2.20. The molecule has 0 aliphatic heterocycles. The van der Waals surface area contributed by atoms with Crippen molar-refractivity contribution in [3.63, 3.8) is 0 Å². The predicted octanol–water partition coefficient (Wildman–Crippen LogP) is 3.83. The quantitative estimate of drug-likeness (QED) is 0.773. The van der Waals surface area contributed by atoms with Gasteiger partial charge in [0.1, 0.15) is 0 Å². The lowest BCUT2D eigenvalue weighted by molar-refractivity contribution is -0.160. The Morgan fingerprint density at radius 3 is 2.39 bits per heavy atom. The van der Waals surface area contributed by atoms with Crippen LogP contribution in [0.5, 0.6) is 0 Å². The highest BCUT2D eigenvalue weighted by Gasteiger charge is 2.64. The standard InChI is InChI=1S/C12H10BrF3O2/c1-18-10(17)7-4-8(6-9(13)5-7)11(2-3-11)12(14,15)16/h4-6H,2-3H2,1H3. The second-order valence-electron chi connectivity index (χ2n) is 4.30. The summed E-state index contributed by atoms with van der Waals surface area (Å²) in [5.41, 5.74) is -1.55. The number of methoxy groups -OCH3 is 1. The summed E-state index contributed by atoms with van der Waals surface area (Å²) in [5, 5.41) is 0. The summed E-state index contributed by atoms with van der Waals surface area (Å²) < 4.78 is 44.0. The van der Waals surface area contributed by atoms with Gasteiger partial charge in [0.25, 0.3) is 0 Å². The number of rotatable bonds is 2. The first-order valence-corrected chi connectivity index (χ1v) is 6.05. The van der Waals surface area contributed by atoms with Gasteiger partial charge in [0, 0.05) is 4.47 Å². The normalized spacial score (nSPS) is 17.4. The molecule has 1 aliphatic carbocycles. The maximum atomic E-state index is 13.0. The monoisotopic (exact) mass is 322 g/mol. The van der Waals surface area contributed by atoms with Crippen molar-refractivity contribution < 1.29 is 22.7 Å². The van der Waals surface area contributed by atoms with Crippen molar-refractivity contribution in [3.05, 3.63) is 33.8 Å². The van der Waals surface area contributed by atoms with Crippen LogP contribution in [0.15, 0.2) is 22.7 Å². The van der Waals surface area contributed by atoms with Crippen LogP contribution in [0.4, 0.5) is 13.2 Å². The van der Waals surface area contributed by atoms with Crippen molar-refractivity contribution in [3.8, 4) is 0 Å². The number of carbonyl (C=O) groups excluding carboxylic acids is 1. The minimum Gasteiger partial charge on any atom is -0.465 e. The Morgan fingerprint density at radius 2 is 1.94 bits per heavy atom. The molecule has 0 radical (unpaired) electrons. The first-order chi connectivity index (χ1) is 8.30. The number of esters is 1. The molecule has 2 nitrogen and oxygen atoms in total. The van der Waals surface area contributed by atoms with Crippen LogP contribution in [0.3, 0.4) is 0 Å². The number of alkyl halides is 3. The fraction of sp³-hybridized carbons (Fsp3) is 0.417. The van der Waals surface area contributed by atoms with E-state index in [1.165, 1.54) is 25.3 Å². The maximum Gasteiger partial charge on any atom is 0.398 e. The van der Waals surface area contributed by atoms with Gasteiger partial charge in [-0.2, -0.15) is 13.2 Å². The summed E-state index contributed by atoms with van der Waals surface area (Å²) >= 11 is 3.12. The zero-order valence-corrected chi connectivity index (χ0v) is 11.1. The van der Waals surface area contributed by atoms with Crippen LogP contribution >= 0.6 is 15.9 Å². The van der Waals surface area contributed by atoms with Crippen molar-refractivity contribution in [2.24, 2.45) is 0 Å². The van der Waals surface area contributed by atoms with Gasteiger partial charge in [0.15, 0.2) is 0 Å². The highest BCUT2D eigenvalue weighted by molar-refractivity contribution is 9.10. The van der Waals surface area contributed by atoms with Crippen molar-refractivity contribution in [1.29, 1.82) is 0 Å². The molecule has 1 aliphatic rings. The summed E-state index contributed by atoms with van der Waals surface area (Å²) in [5.74, 6) is -0.643. The highest BCUT2D eigenvalue weighted by Crippen LogP contribution is 2.59. The maximum absolute atomic E-state index is 13.0. The van der Waals surface area contributed by atoms with Gasteiger partial charge in [-0.25, -0.2) is 4.79 Å². The lowest BCUT2D eigenvalue weighted by atomic mass is 9.94. The molecule has 0 N–H and O–H groups in total. The van der Waals surface area contributed by atoms with Gasteiger partial charge in [0.2, 0.25) is 0 Å². The molecule has 0 bridgehead atoms. The SMILES string of the molecule is COC(=O)c1cc(Br)cc(C2(C(F)(F)F)CC2)c1. The number of halogens is 4. The molecule has 0 unspecified atom stereocenters. The summed E-state index contributed by atoms with van der Waals surface area (Å²) in [6.07, 6.45) is -4.16. The Morgan fingerprint density at radius 1 is 1.33 bits per heavy atom. The number of hydrogen-bond acceptors (Lipinski definition) is 2. The molecule has 2 rings (SSSR count). The van der Waals surface area contributed by atoms with Crippen LogP contribution in [0.2, 0.25) is 0 Å².